The van der Waals surface area contributed by atoms with Gasteiger partial charge in [-0.2, -0.15) is 0 Å². The topological polar surface area (TPSA) is 108 Å². The zero-order valence-corrected chi connectivity index (χ0v) is 12.0. The molecule has 0 aromatic carbocycles. The van der Waals surface area contributed by atoms with Crippen molar-refractivity contribution in [1.82, 2.24) is 16.0 Å². The predicted molar refractivity (Wildman–Crippen MR) is 73.2 cm³/mol. The summed E-state index contributed by atoms with van der Waals surface area (Å²) < 4.78 is 0. The van der Waals surface area contributed by atoms with E-state index >= 15 is 0 Å². The van der Waals surface area contributed by atoms with Crippen molar-refractivity contribution in [1.29, 1.82) is 0 Å². The SMILES string of the molecule is CC(C)CNC(=O)CCNC(=O)NCC1(C(=O)O)CC1. The first-order chi connectivity index (χ1) is 9.35. The van der Waals surface area contributed by atoms with E-state index in [0.29, 0.717) is 25.3 Å². The zero-order valence-electron chi connectivity index (χ0n) is 12.0. The molecule has 0 spiro atoms. The highest BCUT2D eigenvalue weighted by molar-refractivity contribution is 5.81. The molecule has 1 fully saturated rings. The van der Waals surface area contributed by atoms with Gasteiger partial charge in [-0.15, -0.1) is 0 Å². The number of amides is 3. The van der Waals surface area contributed by atoms with Gasteiger partial charge in [-0.3, -0.25) is 9.59 Å². The van der Waals surface area contributed by atoms with E-state index in [4.69, 9.17) is 5.11 Å². The first-order valence-corrected chi connectivity index (χ1v) is 6.87. The number of urea groups is 1. The van der Waals surface area contributed by atoms with Gasteiger partial charge in [-0.1, -0.05) is 13.8 Å². The lowest BCUT2D eigenvalue weighted by Gasteiger charge is -2.12. The second-order valence-electron chi connectivity index (χ2n) is 5.64. The molecule has 0 aliphatic heterocycles. The third-order valence-electron chi connectivity index (χ3n) is 3.24. The van der Waals surface area contributed by atoms with Gasteiger partial charge >= 0.3 is 12.0 Å². The summed E-state index contributed by atoms with van der Waals surface area (Å²) in [5.41, 5.74) is -0.772. The number of carboxylic acids is 1. The Morgan fingerprint density at radius 1 is 1.15 bits per heavy atom. The van der Waals surface area contributed by atoms with E-state index in [1.807, 2.05) is 13.8 Å². The molecule has 1 rings (SSSR count). The molecule has 0 saturated heterocycles. The molecule has 20 heavy (non-hydrogen) atoms. The van der Waals surface area contributed by atoms with Crippen LogP contribution in [-0.4, -0.2) is 42.6 Å². The summed E-state index contributed by atoms with van der Waals surface area (Å²) in [6.07, 6.45) is 1.41. The molecule has 0 heterocycles. The molecule has 1 aliphatic rings. The van der Waals surface area contributed by atoms with Crippen LogP contribution in [0.4, 0.5) is 4.79 Å². The van der Waals surface area contributed by atoms with Crippen LogP contribution in [0.25, 0.3) is 0 Å². The monoisotopic (exact) mass is 285 g/mol. The van der Waals surface area contributed by atoms with Crippen LogP contribution in [0.1, 0.15) is 33.1 Å². The van der Waals surface area contributed by atoms with Crippen LogP contribution < -0.4 is 16.0 Å². The average Bonchev–Trinajstić information content (AvgIpc) is 3.15. The fraction of sp³-hybridized carbons (Fsp3) is 0.769. The Balaban J connectivity index is 2.09. The number of hydrogen-bond acceptors (Lipinski definition) is 3. The molecule has 3 amide bonds. The predicted octanol–water partition coefficient (Wildman–Crippen LogP) is 0.313. The molecule has 114 valence electrons. The summed E-state index contributed by atoms with van der Waals surface area (Å²) in [6, 6.07) is -0.436. The molecule has 0 aromatic rings. The average molecular weight is 285 g/mol. The van der Waals surface area contributed by atoms with Crippen LogP contribution in [0.3, 0.4) is 0 Å². The number of carbonyl (C=O) groups excluding carboxylic acids is 2. The molecule has 0 unspecified atom stereocenters. The van der Waals surface area contributed by atoms with Gasteiger partial charge in [0.25, 0.3) is 0 Å². The Hall–Kier alpha value is -1.79. The Kier molecular flexibility index (Phi) is 5.79. The molecule has 0 atom stereocenters. The van der Waals surface area contributed by atoms with Crippen molar-refractivity contribution < 1.29 is 19.5 Å². The number of nitrogens with one attached hydrogen (secondary N) is 3. The van der Waals surface area contributed by atoms with Gasteiger partial charge in [0, 0.05) is 26.1 Å². The maximum absolute atomic E-state index is 11.4. The van der Waals surface area contributed by atoms with Crippen molar-refractivity contribution in [3.63, 3.8) is 0 Å². The third-order valence-corrected chi connectivity index (χ3v) is 3.24. The van der Waals surface area contributed by atoms with Crippen LogP contribution in [0.2, 0.25) is 0 Å². The minimum Gasteiger partial charge on any atom is -0.481 e. The van der Waals surface area contributed by atoms with E-state index in [2.05, 4.69) is 16.0 Å². The van der Waals surface area contributed by atoms with Crippen molar-refractivity contribution in [3.8, 4) is 0 Å². The minimum absolute atomic E-state index is 0.108. The first-order valence-electron chi connectivity index (χ1n) is 6.87. The van der Waals surface area contributed by atoms with Crippen LogP contribution in [0, 0.1) is 11.3 Å². The van der Waals surface area contributed by atoms with Crippen LogP contribution in [0.5, 0.6) is 0 Å². The lowest BCUT2D eigenvalue weighted by atomic mass is 10.1. The Morgan fingerprint density at radius 2 is 1.80 bits per heavy atom. The van der Waals surface area contributed by atoms with Crippen LogP contribution >= 0.6 is 0 Å². The second kappa shape index (κ2) is 7.12. The van der Waals surface area contributed by atoms with Crippen LogP contribution in [0.15, 0.2) is 0 Å². The quantitative estimate of drug-likeness (QED) is 0.515. The van der Waals surface area contributed by atoms with E-state index in [1.54, 1.807) is 0 Å². The molecular formula is C13H23N3O4. The summed E-state index contributed by atoms with van der Waals surface area (Å²) in [6.45, 7) is 4.99. The first kappa shape index (κ1) is 16.3. The Morgan fingerprint density at radius 3 is 2.30 bits per heavy atom. The van der Waals surface area contributed by atoms with E-state index in [1.165, 1.54) is 0 Å². The van der Waals surface area contributed by atoms with E-state index < -0.39 is 17.4 Å². The highest BCUT2D eigenvalue weighted by atomic mass is 16.4. The van der Waals surface area contributed by atoms with Gasteiger partial charge in [0.1, 0.15) is 0 Å². The molecule has 1 aliphatic carbocycles. The van der Waals surface area contributed by atoms with Gasteiger partial charge in [-0.05, 0) is 18.8 Å². The van der Waals surface area contributed by atoms with E-state index in [0.717, 1.165) is 0 Å². The Bertz CT molecular complexity index is 378. The fourth-order valence-electron chi connectivity index (χ4n) is 1.63. The van der Waals surface area contributed by atoms with Gasteiger partial charge in [0.05, 0.1) is 5.41 Å². The Labute approximate surface area is 118 Å². The van der Waals surface area contributed by atoms with Crippen molar-refractivity contribution >= 4 is 17.9 Å². The lowest BCUT2D eigenvalue weighted by Crippen LogP contribution is -2.42. The molecule has 0 aromatic heterocycles. The van der Waals surface area contributed by atoms with Gasteiger partial charge in [0.2, 0.25) is 5.91 Å². The van der Waals surface area contributed by atoms with Crippen LogP contribution in [-0.2, 0) is 9.59 Å². The highest BCUT2D eigenvalue weighted by Crippen LogP contribution is 2.45. The van der Waals surface area contributed by atoms with Gasteiger partial charge in [-0.25, -0.2) is 4.79 Å². The summed E-state index contributed by atoms with van der Waals surface area (Å²) >= 11 is 0. The maximum atomic E-state index is 11.4. The summed E-state index contributed by atoms with van der Waals surface area (Å²) in [4.78, 5) is 33.7. The van der Waals surface area contributed by atoms with Crippen molar-refractivity contribution in [2.75, 3.05) is 19.6 Å². The highest BCUT2D eigenvalue weighted by Gasteiger charge is 2.50. The minimum atomic E-state index is -0.870. The fourth-order valence-corrected chi connectivity index (χ4v) is 1.63. The molecule has 4 N–H and O–H groups in total. The smallest absolute Gasteiger partial charge is 0.314 e. The van der Waals surface area contributed by atoms with E-state index in [-0.39, 0.29) is 25.4 Å². The van der Waals surface area contributed by atoms with E-state index in [9.17, 15) is 14.4 Å². The molecular weight excluding hydrogens is 262 g/mol. The number of carbonyl (C=O) groups is 3. The molecule has 0 bridgehead atoms. The molecule has 1 saturated carbocycles. The standard InChI is InChI=1S/C13H23N3O4/c1-9(2)7-15-10(17)3-6-14-12(20)16-8-13(4-5-13)11(18)19/h9H,3-8H2,1-2H3,(H,15,17)(H,18,19)(H2,14,16,20). The van der Waals surface area contributed by atoms with Crippen molar-refractivity contribution in [3.05, 3.63) is 0 Å². The van der Waals surface area contributed by atoms with Crippen molar-refractivity contribution in [2.24, 2.45) is 11.3 Å². The normalized spacial score (nSPS) is 15.6. The van der Waals surface area contributed by atoms with Crippen molar-refractivity contribution in [2.45, 2.75) is 33.1 Å². The van der Waals surface area contributed by atoms with Gasteiger partial charge in [0.15, 0.2) is 0 Å². The number of rotatable bonds is 8. The largest absolute Gasteiger partial charge is 0.481 e. The second-order valence-corrected chi connectivity index (χ2v) is 5.64. The molecule has 0 radical (unpaired) electrons. The van der Waals surface area contributed by atoms with Gasteiger partial charge < -0.3 is 21.1 Å². The molecule has 7 nitrogen and oxygen atoms in total. The molecule has 7 heteroatoms. The number of carboxylic acid groups (broad SMARTS) is 1. The number of hydrogen-bond donors (Lipinski definition) is 4. The number of aliphatic carboxylic acids is 1. The lowest BCUT2D eigenvalue weighted by molar-refractivity contribution is -0.143. The maximum Gasteiger partial charge on any atom is 0.314 e. The summed E-state index contributed by atoms with van der Waals surface area (Å²) in [7, 11) is 0. The zero-order chi connectivity index (χ0) is 15.2. The summed E-state index contributed by atoms with van der Waals surface area (Å²) in [5, 5.41) is 16.8. The summed E-state index contributed by atoms with van der Waals surface area (Å²) in [5.74, 6) is -0.588. The third kappa shape index (κ3) is 5.46.